The molecule has 19 heavy (non-hydrogen) atoms. The van der Waals surface area contributed by atoms with E-state index in [4.69, 9.17) is 9.84 Å². The second-order valence-electron chi connectivity index (χ2n) is 5.85. The molecule has 0 aliphatic carbocycles. The van der Waals surface area contributed by atoms with Crippen LogP contribution in [0.15, 0.2) is 0 Å². The summed E-state index contributed by atoms with van der Waals surface area (Å²) >= 11 is 0. The smallest absolute Gasteiger partial charge is 0.410 e. The standard InChI is InChI=1S/C13H24N2O4/c1-13(2,3)19-12(18)15-7-5-4-6-10(15)8-14-9-11(16)17/h10,14H,4-9H2,1-3H3,(H,16,17)/t10-/m1/s1. The average Bonchev–Trinajstić information content (AvgIpc) is 2.26. The minimum Gasteiger partial charge on any atom is -0.480 e. The first kappa shape index (κ1) is 15.8. The number of carbonyl (C=O) groups is 2. The molecular formula is C13H24N2O4. The SMILES string of the molecule is CC(C)(C)OC(=O)N1CCCC[C@@H]1CNCC(=O)O. The Morgan fingerprint density at radius 2 is 2.05 bits per heavy atom. The number of likely N-dealkylation sites (tertiary alicyclic amines) is 1. The number of carbonyl (C=O) groups excluding carboxylic acids is 1. The maximum atomic E-state index is 12.1. The monoisotopic (exact) mass is 272 g/mol. The highest BCUT2D eigenvalue weighted by atomic mass is 16.6. The third-order valence-electron chi connectivity index (χ3n) is 2.91. The minimum atomic E-state index is -0.889. The number of aliphatic carboxylic acids is 1. The van der Waals surface area contributed by atoms with E-state index < -0.39 is 11.6 Å². The van der Waals surface area contributed by atoms with Crippen molar-refractivity contribution in [2.24, 2.45) is 0 Å². The van der Waals surface area contributed by atoms with Crippen LogP contribution < -0.4 is 5.32 Å². The zero-order valence-corrected chi connectivity index (χ0v) is 11.9. The highest BCUT2D eigenvalue weighted by Gasteiger charge is 2.30. The molecule has 6 heteroatoms. The van der Waals surface area contributed by atoms with Crippen molar-refractivity contribution >= 4 is 12.1 Å². The van der Waals surface area contributed by atoms with Crippen LogP contribution in [0.1, 0.15) is 40.0 Å². The molecule has 1 heterocycles. The van der Waals surface area contributed by atoms with Crippen LogP contribution in [0, 0.1) is 0 Å². The van der Waals surface area contributed by atoms with Gasteiger partial charge < -0.3 is 20.1 Å². The largest absolute Gasteiger partial charge is 0.480 e. The molecule has 1 rings (SSSR count). The molecule has 0 aromatic rings. The zero-order valence-electron chi connectivity index (χ0n) is 11.9. The summed E-state index contributed by atoms with van der Waals surface area (Å²) in [5.74, 6) is -0.889. The van der Waals surface area contributed by atoms with E-state index in [0.29, 0.717) is 13.1 Å². The van der Waals surface area contributed by atoms with Crippen LogP contribution in [-0.4, -0.2) is 53.3 Å². The summed E-state index contributed by atoms with van der Waals surface area (Å²) in [4.78, 5) is 24.3. The minimum absolute atomic E-state index is 0.0166. The Morgan fingerprint density at radius 3 is 2.63 bits per heavy atom. The lowest BCUT2D eigenvalue weighted by atomic mass is 10.0. The van der Waals surface area contributed by atoms with Crippen molar-refractivity contribution in [3.8, 4) is 0 Å². The first-order valence-corrected chi connectivity index (χ1v) is 6.72. The number of carboxylic acids is 1. The van der Waals surface area contributed by atoms with Gasteiger partial charge in [-0.1, -0.05) is 0 Å². The molecule has 6 nitrogen and oxygen atoms in total. The lowest BCUT2D eigenvalue weighted by molar-refractivity contribution is -0.136. The van der Waals surface area contributed by atoms with Gasteiger partial charge >= 0.3 is 12.1 Å². The molecule has 1 amide bonds. The van der Waals surface area contributed by atoms with Crippen molar-refractivity contribution in [3.05, 3.63) is 0 Å². The third kappa shape index (κ3) is 5.92. The molecule has 0 aromatic carbocycles. The highest BCUT2D eigenvalue weighted by molar-refractivity contribution is 5.69. The fourth-order valence-electron chi connectivity index (χ4n) is 2.12. The summed E-state index contributed by atoms with van der Waals surface area (Å²) in [5, 5.41) is 11.5. The number of hydrogen-bond acceptors (Lipinski definition) is 4. The van der Waals surface area contributed by atoms with Gasteiger partial charge in [-0.25, -0.2) is 4.79 Å². The molecular weight excluding hydrogens is 248 g/mol. The molecule has 0 radical (unpaired) electrons. The Bertz CT molecular complexity index is 325. The molecule has 2 N–H and O–H groups in total. The van der Waals surface area contributed by atoms with E-state index in [0.717, 1.165) is 19.3 Å². The molecule has 0 aromatic heterocycles. The number of amides is 1. The van der Waals surface area contributed by atoms with E-state index in [2.05, 4.69) is 5.32 Å². The van der Waals surface area contributed by atoms with Crippen LogP contribution >= 0.6 is 0 Å². The Balaban J connectivity index is 2.51. The van der Waals surface area contributed by atoms with Crippen LogP contribution in [0.5, 0.6) is 0 Å². The summed E-state index contributed by atoms with van der Waals surface area (Å²) in [6.07, 6.45) is 2.59. The fourth-order valence-corrected chi connectivity index (χ4v) is 2.12. The van der Waals surface area contributed by atoms with Gasteiger partial charge in [-0.05, 0) is 40.0 Å². The van der Waals surface area contributed by atoms with E-state index in [1.807, 2.05) is 20.8 Å². The number of carboxylic acid groups (broad SMARTS) is 1. The van der Waals surface area contributed by atoms with Gasteiger partial charge in [0.25, 0.3) is 0 Å². The Labute approximate surface area is 114 Å². The second kappa shape index (κ2) is 6.75. The number of nitrogens with one attached hydrogen (secondary N) is 1. The topological polar surface area (TPSA) is 78.9 Å². The van der Waals surface area contributed by atoms with Crippen molar-refractivity contribution in [2.75, 3.05) is 19.6 Å². The van der Waals surface area contributed by atoms with Gasteiger partial charge in [-0.3, -0.25) is 4.79 Å². The molecule has 1 fully saturated rings. The van der Waals surface area contributed by atoms with E-state index in [9.17, 15) is 9.59 Å². The van der Waals surface area contributed by atoms with Gasteiger partial charge in [0.05, 0.1) is 6.54 Å². The van der Waals surface area contributed by atoms with Crippen molar-refractivity contribution in [1.29, 1.82) is 0 Å². The van der Waals surface area contributed by atoms with E-state index in [-0.39, 0.29) is 18.7 Å². The Hall–Kier alpha value is -1.30. The van der Waals surface area contributed by atoms with Crippen molar-refractivity contribution < 1.29 is 19.4 Å². The maximum absolute atomic E-state index is 12.1. The zero-order chi connectivity index (χ0) is 14.5. The second-order valence-corrected chi connectivity index (χ2v) is 5.85. The van der Waals surface area contributed by atoms with Crippen molar-refractivity contribution in [1.82, 2.24) is 10.2 Å². The molecule has 1 aliphatic heterocycles. The van der Waals surface area contributed by atoms with Gasteiger partial charge in [-0.15, -0.1) is 0 Å². The normalized spacial score (nSPS) is 20.2. The molecule has 110 valence electrons. The predicted octanol–water partition coefficient (Wildman–Crippen LogP) is 1.45. The molecule has 0 bridgehead atoms. The first-order chi connectivity index (χ1) is 8.79. The van der Waals surface area contributed by atoms with Crippen LogP contribution in [0.25, 0.3) is 0 Å². The van der Waals surface area contributed by atoms with E-state index in [1.165, 1.54) is 0 Å². The van der Waals surface area contributed by atoms with Gasteiger partial charge in [0.1, 0.15) is 5.60 Å². The van der Waals surface area contributed by atoms with Crippen LogP contribution in [0.2, 0.25) is 0 Å². The van der Waals surface area contributed by atoms with E-state index in [1.54, 1.807) is 4.90 Å². The fraction of sp³-hybridized carbons (Fsp3) is 0.846. The Kier molecular flexibility index (Phi) is 5.60. The van der Waals surface area contributed by atoms with Gasteiger partial charge in [-0.2, -0.15) is 0 Å². The first-order valence-electron chi connectivity index (χ1n) is 6.72. The Morgan fingerprint density at radius 1 is 1.37 bits per heavy atom. The molecule has 0 saturated carbocycles. The summed E-state index contributed by atoms with van der Waals surface area (Å²) < 4.78 is 5.38. The molecule has 0 unspecified atom stereocenters. The summed E-state index contributed by atoms with van der Waals surface area (Å²) in [5.41, 5.74) is -0.506. The summed E-state index contributed by atoms with van der Waals surface area (Å²) in [6.45, 7) is 6.60. The lowest BCUT2D eigenvalue weighted by Crippen LogP contribution is -2.50. The summed E-state index contributed by atoms with van der Waals surface area (Å²) in [7, 11) is 0. The van der Waals surface area contributed by atoms with Gasteiger partial charge in [0, 0.05) is 19.1 Å². The lowest BCUT2D eigenvalue weighted by Gasteiger charge is -2.36. The average molecular weight is 272 g/mol. The number of rotatable bonds is 4. The third-order valence-corrected chi connectivity index (χ3v) is 2.91. The maximum Gasteiger partial charge on any atom is 0.410 e. The van der Waals surface area contributed by atoms with Crippen molar-refractivity contribution in [3.63, 3.8) is 0 Å². The quantitative estimate of drug-likeness (QED) is 0.810. The predicted molar refractivity (Wildman–Crippen MR) is 71.1 cm³/mol. The number of hydrogen-bond donors (Lipinski definition) is 2. The van der Waals surface area contributed by atoms with Crippen LogP contribution in [0.4, 0.5) is 4.79 Å². The molecule has 1 atom stereocenters. The van der Waals surface area contributed by atoms with E-state index >= 15 is 0 Å². The van der Waals surface area contributed by atoms with Gasteiger partial charge in [0.2, 0.25) is 0 Å². The van der Waals surface area contributed by atoms with Gasteiger partial charge in [0.15, 0.2) is 0 Å². The van der Waals surface area contributed by atoms with Crippen LogP contribution in [0.3, 0.4) is 0 Å². The molecule has 1 aliphatic rings. The summed E-state index contributed by atoms with van der Waals surface area (Å²) in [6, 6.07) is 0.0166. The molecule has 0 spiro atoms. The highest BCUT2D eigenvalue weighted by Crippen LogP contribution is 2.19. The van der Waals surface area contributed by atoms with Crippen molar-refractivity contribution in [2.45, 2.75) is 51.7 Å². The number of piperidine rings is 1. The number of ether oxygens (including phenoxy) is 1. The molecule has 1 saturated heterocycles. The number of nitrogens with zero attached hydrogens (tertiary/aromatic N) is 1. The van der Waals surface area contributed by atoms with Crippen LogP contribution in [-0.2, 0) is 9.53 Å².